The predicted octanol–water partition coefficient (Wildman–Crippen LogP) is 2.30. The monoisotopic (exact) mass is 504 g/mol. The van der Waals surface area contributed by atoms with Gasteiger partial charge in [0.2, 0.25) is 11.8 Å². The molecule has 0 spiro atoms. The summed E-state index contributed by atoms with van der Waals surface area (Å²) < 4.78 is 32.3. The maximum Gasteiger partial charge on any atom is 0.279 e. The van der Waals surface area contributed by atoms with Gasteiger partial charge in [0.15, 0.2) is 0 Å². The number of ether oxygens (including phenoxy) is 1. The number of nitrogens with one attached hydrogen (secondary N) is 3. The molecular weight excluding hydrogens is 468 g/mol. The zero-order valence-corrected chi connectivity index (χ0v) is 21.7. The van der Waals surface area contributed by atoms with Crippen molar-refractivity contribution in [2.45, 2.75) is 45.7 Å². The van der Waals surface area contributed by atoms with Crippen LogP contribution in [0, 0.1) is 0 Å². The quantitative estimate of drug-likeness (QED) is 0.341. The van der Waals surface area contributed by atoms with Gasteiger partial charge in [-0.3, -0.25) is 9.59 Å². The molecule has 2 aromatic carbocycles. The molecular formula is C25H36N4O5S. The number of rotatable bonds is 14. The van der Waals surface area contributed by atoms with Crippen molar-refractivity contribution in [3.8, 4) is 5.75 Å². The molecule has 0 bridgehead atoms. The van der Waals surface area contributed by atoms with E-state index in [-0.39, 0.29) is 24.9 Å². The number of carbonyl (C=O) groups is 2. The molecule has 0 aliphatic heterocycles. The fourth-order valence-electron chi connectivity index (χ4n) is 3.07. The van der Waals surface area contributed by atoms with Crippen LogP contribution in [0.15, 0.2) is 48.5 Å². The van der Waals surface area contributed by atoms with Crippen LogP contribution in [0.3, 0.4) is 0 Å². The molecule has 9 nitrogen and oxygen atoms in total. The number of amides is 2. The molecule has 0 aliphatic carbocycles. The largest absolute Gasteiger partial charge is 0.494 e. The Morgan fingerprint density at radius 1 is 0.971 bits per heavy atom. The second kappa shape index (κ2) is 13.8. The van der Waals surface area contributed by atoms with Crippen molar-refractivity contribution in [3.63, 3.8) is 0 Å². The Hall–Kier alpha value is -2.95. The maximum absolute atomic E-state index is 12.3. The summed E-state index contributed by atoms with van der Waals surface area (Å²) in [5, 5.41) is 5.68. The molecule has 0 radical (unpaired) electrons. The average molecular weight is 505 g/mol. The van der Waals surface area contributed by atoms with Crippen LogP contribution >= 0.6 is 0 Å². The lowest BCUT2D eigenvalue weighted by Gasteiger charge is -2.16. The maximum atomic E-state index is 12.3. The second-order valence-electron chi connectivity index (χ2n) is 8.44. The molecule has 0 saturated heterocycles. The molecule has 10 heteroatoms. The molecule has 2 aromatic rings. The Bertz CT molecular complexity index is 1050. The van der Waals surface area contributed by atoms with Crippen LogP contribution in [0.2, 0.25) is 0 Å². The molecule has 35 heavy (non-hydrogen) atoms. The van der Waals surface area contributed by atoms with Gasteiger partial charge in [-0.15, -0.1) is 0 Å². The normalized spacial score (nSPS) is 12.3. The van der Waals surface area contributed by atoms with Gasteiger partial charge in [0, 0.05) is 20.6 Å². The number of carbonyl (C=O) groups excluding carboxylic acids is 2. The molecule has 1 atom stereocenters. The first-order valence-electron chi connectivity index (χ1n) is 11.6. The van der Waals surface area contributed by atoms with Crippen LogP contribution in [0.5, 0.6) is 5.75 Å². The lowest BCUT2D eigenvalue weighted by molar-refractivity contribution is -0.121. The first kappa shape index (κ1) is 28.3. The zero-order valence-electron chi connectivity index (χ0n) is 20.8. The highest BCUT2D eigenvalue weighted by Gasteiger charge is 2.16. The number of nitrogens with zero attached hydrogens (tertiary/aromatic N) is 1. The summed E-state index contributed by atoms with van der Waals surface area (Å²) in [4.78, 5) is 24.4. The fraction of sp³-hybridized carbons (Fsp3) is 0.440. The minimum Gasteiger partial charge on any atom is -0.494 e. The summed E-state index contributed by atoms with van der Waals surface area (Å²) >= 11 is 0. The van der Waals surface area contributed by atoms with Crippen LogP contribution in [-0.4, -0.2) is 51.8 Å². The molecule has 0 saturated carbocycles. The Kier molecular flexibility index (Phi) is 11.2. The summed E-state index contributed by atoms with van der Waals surface area (Å²) in [6.07, 6.45) is 2.38. The van der Waals surface area contributed by atoms with Crippen molar-refractivity contribution in [2.24, 2.45) is 0 Å². The van der Waals surface area contributed by atoms with E-state index in [4.69, 9.17) is 4.74 Å². The van der Waals surface area contributed by atoms with Gasteiger partial charge in [0.05, 0.1) is 25.6 Å². The van der Waals surface area contributed by atoms with Gasteiger partial charge in [0.25, 0.3) is 10.2 Å². The van der Waals surface area contributed by atoms with Gasteiger partial charge in [-0.1, -0.05) is 49.7 Å². The van der Waals surface area contributed by atoms with E-state index in [1.54, 1.807) is 0 Å². The van der Waals surface area contributed by atoms with Gasteiger partial charge < -0.3 is 15.4 Å². The van der Waals surface area contributed by atoms with Crippen molar-refractivity contribution >= 4 is 22.0 Å². The standard InChI is InChI=1S/C25H36N4O5S/c1-5-6-15-34-23-13-9-20(10-14-23)16-24(30)26-17-21-7-11-22(12-8-21)19(2)28-25(31)18-27-35(32,33)29(3)4/h7-14,19,27H,5-6,15-18H2,1-4H3,(H,26,30)(H,28,31). The molecule has 2 rings (SSSR count). The molecule has 1 unspecified atom stereocenters. The van der Waals surface area contributed by atoms with Crippen molar-refractivity contribution < 1.29 is 22.7 Å². The van der Waals surface area contributed by atoms with Crippen LogP contribution < -0.4 is 20.1 Å². The highest BCUT2D eigenvalue weighted by Crippen LogP contribution is 2.15. The lowest BCUT2D eigenvalue weighted by atomic mass is 10.1. The van der Waals surface area contributed by atoms with E-state index in [1.807, 2.05) is 55.5 Å². The Morgan fingerprint density at radius 2 is 1.60 bits per heavy atom. The van der Waals surface area contributed by atoms with Crippen molar-refractivity contribution in [1.82, 2.24) is 19.7 Å². The van der Waals surface area contributed by atoms with E-state index in [9.17, 15) is 18.0 Å². The summed E-state index contributed by atoms with van der Waals surface area (Å²) in [5.41, 5.74) is 2.71. The highest BCUT2D eigenvalue weighted by molar-refractivity contribution is 7.87. The molecule has 0 fully saturated rings. The lowest BCUT2D eigenvalue weighted by Crippen LogP contribution is -2.42. The second-order valence-corrected chi connectivity index (χ2v) is 10.4. The molecule has 2 amide bonds. The average Bonchev–Trinajstić information content (AvgIpc) is 2.83. The third-order valence-corrected chi connectivity index (χ3v) is 6.77. The number of hydrogen-bond donors (Lipinski definition) is 3. The molecule has 192 valence electrons. The van der Waals surface area contributed by atoms with E-state index in [2.05, 4.69) is 22.3 Å². The van der Waals surface area contributed by atoms with Gasteiger partial charge in [-0.25, -0.2) is 0 Å². The summed E-state index contributed by atoms with van der Waals surface area (Å²) in [5.74, 6) is 0.303. The van der Waals surface area contributed by atoms with E-state index >= 15 is 0 Å². The third kappa shape index (κ3) is 10.1. The minimum atomic E-state index is -3.66. The van der Waals surface area contributed by atoms with Gasteiger partial charge in [0.1, 0.15) is 5.75 Å². The van der Waals surface area contributed by atoms with E-state index < -0.39 is 16.1 Å². The Balaban J connectivity index is 1.77. The smallest absolute Gasteiger partial charge is 0.279 e. The first-order valence-corrected chi connectivity index (χ1v) is 13.1. The SMILES string of the molecule is CCCCOc1ccc(CC(=O)NCc2ccc(C(C)NC(=O)CNS(=O)(=O)N(C)C)cc2)cc1. The van der Waals surface area contributed by atoms with Crippen LogP contribution in [0.4, 0.5) is 0 Å². The Morgan fingerprint density at radius 3 is 2.20 bits per heavy atom. The van der Waals surface area contributed by atoms with Crippen molar-refractivity contribution in [1.29, 1.82) is 0 Å². The molecule has 0 aromatic heterocycles. The number of benzene rings is 2. The fourth-order valence-corrected chi connectivity index (χ4v) is 3.64. The predicted molar refractivity (Wildman–Crippen MR) is 136 cm³/mol. The van der Waals surface area contributed by atoms with E-state index in [0.29, 0.717) is 13.2 Å². The number of unbranched alkanes of at least 4 members (excludes halogenated alkanes) is 1. The Labute approximate surface area is 208 Å². The van der Waals surface area contributed by atoms with E-state index in [0.717, 1.165) is 39.6 Å². The van der Waals surface area contributed by atoms with Crippen molar-refractivity contribution in [3.05, 3.63) is 65.2 Å². The van der Waals surface area contributed by atoms with Gasteiger partial charge in [-0.05, 0) is 42.2 Å². The van der Waals surface area contributed by atoms with Crippen molar-refractivity contribution in [2.75, 3.05) is 27.2 Å². The summed E-state index contributed by atoms with van der Waals surface area (Å²) in [6, 6.07) is 14.8. The van der Waals surface area contributed by atoms with Gasteiger partial charge >= 0.3 is 0 Å². The summed E-state index contributed by atoms with van der Waals surface area (Å²) in [7, 11) is -0.889. The topological polar surface area (TPSA) is 117 Å². The van der Waals surface area contributed by atoms with Crippen LogP contribution in [-0.2, 0) is 32.8 Å². The first-order chi connectivity index (χ1) is 16.6. The molecule has 0 heterocycles. The van der Waals surface area contributed by atoms with Crippen LogP contribution in [0.1, 0.15) is 49.4 Å². The zero-order chi connectivity index (χ0) is 25.8. The van der Waals surface area contributed by atoms with E-state index in [1.165, 1.54) is 14.1 Å². The number of hydrogen-bond acceptors (Lipinski definition) is 5. The highest BCUT2D eigenvalue weighted by atomic mass is 32.2. The molecule has 3 N–H and O–H groups in total. The summed E-state index contributed by atoms with van der Waals surface area (Å²) in [6.45, 7) is 4.67. The minimum absolute atomic E-state index is 0.0745. The van der Waals surface area contributed by atoms with Crippen LogP contribution in [0.25, 0.3) is 0 Å². The van der Waals surface area contributed by atoms with Gasteiger partial charge in [-0.2, -0.15) is 17.4 Å². The molecule has 0 aliphatic rings. The third-order valence-electron chi connectivity index (χ3n) is 5.30.